The zero-order chi connectivity index (χ0) is 18.5. The van der Waals surface area contributed by atoms with Gasteiger partial charge in [-0.3, -0.25) is 4.79 Å². The molecule has 2 aliphatic rings. The SMILES string of the molecule is CC1CCN(C(=O)c2c(-c3ccc(Cl)cc3)nc3n2CCS3(=O)=O)CC1. The summed E-state index contributed by atoms with van der Waals surface area (Å²) in [5, 5.41) is 0.571. The Morgan fingerprint density at radius 3 is 2.46 bits per heavy atom. The maximum atomic E-state index is 13.2. The number of amides is 1. The first-order valence-corrected chi connectivity index (χ1v) is 10.8. The number of rotatable bonds is 2. The van der Waals surface area contributed by atoms with E-state index in [9.17, 15) is 13.2 Å². The summed E-state index contributed by atoms with van der Waals surface area (Å²) < 4.78 is 26.2. The van der Waals surface area contributed by atoms with Gasteiger partial charge in [-0.05, 0) is 30.9 Å². The van der Waals surface area contributed by atoms with Crippen molar-refractivity contribution >= 4 is 27.3 Å². The molecule has 138 valence electrons. The van der Waals surface area contributed by atoms with E-state index in [1.807, 2.05) is 4.90 Å². The van der Waals surface area contributed by atoms with Crippen LogP contribution in [0.2, 0.25) is 5.02 Å². The highest BCUT2D eigenvalue weighted by Crippen LogP contribution is 2.32. The summed E-state index contributed by atoms with van der Waals surface area (Å²) in [6.45, 7) is 3.83. The van der Waals surface area contributed by atoms with Gasteiger partial charge >= 0.3 is 0 Å². The van der Waals surface area contributed by atoms with Crippen LogP contribution >= 0.6 is 11.6 Å². The molecule has 1 fully saturated rings. The number of piperidine rings is 1. The average molecular weight is 394 g/mol. The summed E-state index contributed by atoms with van der Waals surface area (Å²) in [6, 6.07) is 6.96. The highest BCUT2D eigenvalue weighted by Gasteiger charge is 2.37. The van der Waals surface area contributed by atoms with E-state index < -0.39 is 9.84 Å². The quantitative estimate of drug-likeness (QED) is 0.786. The number of sulfone groups is 1. The van der Waals surface area contributed by atoms with E-state index in [1.54, 1.807) is 28.8 Å². The molecule has 0 saturated carbocycles. The minimum atomic E-state index is -3.44. The van der Waals surface area contributed by atoms with Crippen LogP contribution in [-0.2, 0) is 16.4 Å². The second-order valence-electron chi connectivity index (χ2n) is 7.04. The third kappa shape index (κ3) is 2.93. The molecule has 8 heteroatoms. The second kappa shape index (κ2) is 6.39. The number of hydrogen-bond acceptors (Lipinski definition) is 4. The minimum absolute atomic E-state index is 0.00354. The Balaban J connectivity index is 1.82. The van der Waals surface area contributed by atoms with Gasteiger partial charge in [0, 0.05) is 30.2 Å². The molecule has 1 aromatic heterocycles. The van der Waals surface area contributed by atoms with Crippen LogP contribution in [0, 0.1) is 5.92 Å². The number of benzene rings is 1. The lowest BCUT2D eigenvalue weighted by Gasteiger charge is -2.30. The lowest BCUT2D eigenvalue weighted by atomic mass is 9.98. The molecule has 0 atom stereocenters. The number of likely N-dealkylation sites (tertiary alicyclic amines) is 1. The molecule has 0 radical (unpaired) electrons. The number of fused-ring (bicyclic) bond motifs is 1. The number of halogens is 1. The molecular weight excluding hydrogens is 374 g/mol. The number of carbonyl (C=O) groups is 1. The number of nitrogens with zero attached hydrogens (tertiary/aromatic N) is 3. The first kappa shape index (κ1) is 17.5. The van der Waals surface area contributed by atoms with E-state index in [-0.39, 0.29) is 23.4 Å². The monoisotopic (exact) mass is 393 g/mol. The molecule has 4 rings (SSSR count). The van der Waals surface area contributed by atoms with E-state index in [0.29, 0.717) is 41.0 Å². The molecule has 3 heterocycles. The Morgan fingerprint density at radius 1 is 1.15 bits per heavy atom. The van der Waals surface area contributed by atoms with Gasteiger partial charge in [-0.1, -0.05) is 30.7 Å². The van der Waals surface area contributed by atoms with Crippen molar-refractivity contribution in [1.29, 1.82) is 0 Å². The van der Waals surface area contributed by atoms with Gasteiger partial charge in [-0.25, -0.2) is 13.4 Å². The van der Waals surface area contributed by atoms with Crippen molar-refractivity contribution < 1.29 is 13.2 Å². The topological polar surface area (TPSA) is 72.3 Å². The molecular formula is C18H20ClN3O3S. The van der Waals surface area contributed by atoms with E-state index >= 15 is 0 Å². The van der Waals surface area contributed by atoms with Crippen molar-refractivity contribution in [3.8, 4) is 11.3 Å². The van der Waals surface area contributed by atoms with Gasteiger partial charge in [-0.15, -0.1) is 0 Å². The number of aromatic nitrogens is 2. The number of carbonyl (C=O) groups excluding carboxylic acids is 1. The van der Waals surface area contributed by atoms with Crippen LogP contribution < -0.4 is 0 Å². The maximum absolute atomic E-state index is 13.2. The lowest BCUT2D eigenvalue weighted by Crippen LogP contribution is -2.39. The van der Waals surface area contributed by atoms with Gasteiger partial charge in [0.15, 0.2) is 0 Å². The first-order chi connectivity index (χ1) is 12.4. The maximum Gasteiger partial charge on any atom is 0.272 e. The smallest absolute Gasteiger partial charge is 0.272 e. The Labute approximate surface area is 157 Å². The van der Waals surface area contributed by atoms with Crippen LogP contribution in [0.5, 0.6) is 0 Å². The Kier molecular flexibility index (Phi) is 4.31. The van der Waals surface area contributed by atoms with Crippen molar-refractivity contribution in [3.63, 3.8) is 0 Å². The molecule has 0 N–H and O–H groups in total. The van der Waals surface area contributed by atoms with E-state index in [1.165, 1.54) is 0 Å². The van der Waals surface area contributed by atoms with E-state index in [4.69, 9.17) is 11.6 Å². The van der Waals surface area contributed by atoms with Gasteiger partial charge in [0.05, 0.1) is 5.75 Å². The molecule has 1 aromatic carbocycles. The summed E-state index contributed by atoms with van der Waals surface area (Å²) in [6.07, 6.45) is 1.92. The second-order valence-corrected chi connectivity index (χ2v) is 9.48. The van der Waals surface area contributed by atoms with Crippen LogP contribution in [0.25, 0.3) is 11.3 Å². The van der Waals surface area contributed by atoms with E-state index in [2.05, 4.69) is 11.9 Å². The van der Waals surface area contributed by atoms with Gasteiger partial charge in [-0.2, -0.15) is 0 Å². The van der Waals surface area contributed by atoms with Gasteiger partial charge < -0.3 is 9.47 Å². The van der Waals surface area contributed by atoms with Crippen molar-refractivity contribution in [3.05, 3.63) is 35.0 Å². The van der Waals surface area contributed by atoms with Crippen molar-refractivity contribution in [2.24, 2.45) is 5.92 Å². The third-order valence-electron chi connectivity index (χ3n) is 5.19. The highest BCUT2D eigenvalue weighted by atomic mass is 35.5. The summed E-state index contributed by atoms with van der Waals surface area (Å²) in [5.41, 5.74) is 1.49. The molecule has 1 saturated heterocycles. The first-order valence-electron chi connectivity index (χ1n) is 8.75. The summed E-state index contributed by atoms with van der Waals surface area (Å²) in [4.78, 5) is 19.4. The minimum Gasteiger partial charge on any atom is -0.337 e. The van der Waals surface area contributed by atoms with Crippen LogP contribution in [0.15, 0.2) is 29.4 Å². The van der Waals surface area contributed by atoms with Crippen molar-refractivity contribution in [2.75, 3.05) is 18.8 Å². The molecule has 1 amide bonds. The summed E-state index contributed by atoms with van der Waals surface area (Å²) in [7, 11) is -3.44. The fourth-order valence-electron chi connectivity index (χ4n) is 3.57. The predicted molar refractivity (Wildman–Crippen MR) is 99.0 cm³/mol. The fraction of sp³-hybridized carbons (Fsp3) is 0.444. The molecule has 2 aliphatic heterocycles. The third-order valence-corrected chi connectivity index (χ3v) is 7.03. The van der Waals surface area contributed by atoms with E-state index in [0.717, 1.165) is 12.8 Å². The number of imidazole rings is 1. The predicted octanol–water partition coefficient (Wildman–Crippen LogP) is 2.86. The van der Waals surface area contributed by atoms with Crippen LogP contribution in [-0.4, -0.2) is 47.6 Å². The molecule has 6 nitrogen and oxygen atoms in total. The molecule has 0 bridgehead atoms. The Hall–Kier alpha value is -1.86. The van der Waals surface area contributed by atoms with Gasteiger partial charge in [0.25, 0.3) is 5.91 Å². The van der Waals surface area contributed by atoms with Gasteiger partial charge in [0.2, 0.25) is 15.0 Å². The summed E-state index contributed by atoms with van der Waals surface area (Å²) in [5.74, 6) is 0.456. The van der Waals surface area contributed by atoms with Crippen LogP contribution in [0.3, 0.4) is 0 Å². The fourth-order valence-corrected chi connectivity index (χ4v) is 5.05. The largest absolute Gasteiger partial charge is 0.337 e. The molecule has 0 spiro atoms. The standard InChI is InChI=1S/C18H20ClN3O3S/c1-12-6-8-21(9-7-12)17(23)16-15(13-2-4-14(19)5-3-13)20-18-22(16)10-11-26(18,24)25/h2-5,12H,6-11H2,1H3. The molecule has 0 unspecified atom stereocenters. The average Bonchev–Trinajstić information content (AvgIpc) is 3.13. The van der Waals surface area contributed by atoms with Crippen molar-refractivity contribution in [2.45, 2.75) is 31.5 Å². The zero-order valence-corrected chi connectivity index (χ0v) is 16.1. The molecule has 26 heavy (non-hydrogen) atoms. The molecule has 2 aromatic rings. The zero-order valence-electron chi connectivity index (χ0n) is 14.5. The molecule has 0 aliphatic carbocycles. The van der Waals surface area contributed by atoms with Crippen LogP contribution in [0.1, 0.15) is 30.3 Å². The van der Waals surface area contributed by atoms with Gasteiger partial charge in [0.1, 0.15) is 11.4 Å². The highest BCUT2D eigenvalue weighted by molar-refractivity contribution is 7.91. The Morgan fingerprint density at radius 2 is 1.81 bits per heavy atom. The summed E-state index contributed by atoms with van der Waals surface area (Å²) >= 11 is 5.96. The van der Waals surface area contributed by atoms with Crippen molar-refractivity contribution in [1.82, 2.24) is 14.5 Å². The Bertz CT molecular complexity index is 958. The van der Waals surface area contributed by atoms with Crippen LogP contribution in [0.4, 0.5) is 0 Å². The lowest BCUT2D eigenvalue weighted by molar-refractivity contribution is 0.0686. The number of hydrogen-bond donors (Lipinski definition) is 0. The normalized spacial score (nSPS) is 19.5.